The topological polar surface area (TPSA) is 32.7 Å². The number of hydrogen-bond acceptors (Lipinski definition) is 3. The molecule has 1 aromatic carbocycles. The van der Waals surface area contributed by atoms with Crippen molar-refractivity contribution in [1.82, 2.24) is 4.90 Å². The molecule has 17 heavy (non-hydrogen) atoms. The summed E-state index contributed by atoms with van der Waals surface area (Å²) in [4.78, 5) is 2.24. The van der Waals surface area contributed by atoms with E-state index in [0.29, 0.717) is 22.6 Å². The fourth-order valence-electron chi connectivity index (χ4n) is 1.95. The number of nitrogens with zero attached hydrogens (tertiary/aromatic N) is 1. The first-order chi connectivity index (χ1) is 8.08. The summed E-state index contributed by atoms with van der Waals surface area (Å²) in [6.07, 6.45) is 0. The van der Waals surface area contributed by atoms with Gasteiger partial charge in [-0.2, -0.15) is 0 Å². The molecule has 1 aliphatic heterocycles. The van der Waals surface area contributed by atoms with Crippen molar-refractivity contribution in [3.63, 3.8) is 0 Å². The zero-order chi connectivity index (χ0) is 12.4. The Morgan fingerprint density at radius 2 is 2.24 bits per heavy atom. The first-order valence-corrected chi connectivity index (χ1v) is 6.32. The molecule has 0 aromatic heterocycles. The SMILES string of the molecule is CC1COCCN1Cc1cc(Cl)cc(Cl)c1O. The Kier molecular flexibility index (Phi) is 4.15. The molecular formula is C12H15Cl2NO2. The van der Waals surface area contributed by atoms with Crippen LogP contribution in [0.5, 0.6) is 5.75 Å². The van der Waals surface area contributed by atoms with E-state index in [9.17, 15) is 5.11 Å². The van der Waals surface area contributed by atoms with E-state index in [1.54, 1.807) is 12.1 Å². The summed E-state index contributed by atoms with van der Waals surface area (Å²) >= 11 is 11.8. The highest BCUT2D eigenvalue weighted by Crippen LogP contribution is 2.32. The lowest BCUT2D eigenvalue weighted by molar-refractivity contribution is -0.00463. The van der Waals surface area contributed by atoms with Gasteiger partial charge in [-0.05, 0) is 19.1 Å². The summed E-state index contributed by atoms with van der Waals surface area (Å²) in [5.74, 6) is 0.120. The van der Waals surface area contributed by atoms with Crippen LogP contribution in [-0.2, 0) is 11.3 Å². The van der Waals surface area contributed by atoms with Gasteiger partial charge in [-0.15, -0.1) is 0 Å². The van der Waals surface area contributed by atoms with E-state index in [2.05, 4.69) is 11.8 Å². The number of benzene rings is 1. The molecule has 0 saturated carbocycles. The highest BCUT2D eigenvalue weighted by atomic mass is 35.5. The van der Waals surface area contributed by atoms with Crippen molar-refractivity contribution in [2.45, 2.75) is 19.5 Å². The number of ether oxygens (including phenoxy) is 1. The third-order valence-corrected chi connectivity index (χ3v) is 3.49. The minimum atomic E-state index is 0.120. The van der Waals surface area contributed by atoms with Gasteiger partial charge in [0, 0.05) is 29.7 Å². The maximum atomic E-state index is 9.89. The molecule has 1 fully saturated rings. The third kappa shape index (κ3) is 3.05. The minimum Gasteiger partial charge on any atom is -0.506 e. The fraction of sp³-hybridized carbons (Fsp3) is 0.500. The lowest BCUT2D eigenvalue weighted by Crippen LogP contribution is -2.42. The number of aromatic hydroxyl groups is 1. The fourth-order valence-corrected chi connectivity index (χ4v) is 2.49. The van der Waals surface area contributed by atoms with Crippen LogP contribution < -0.4 is 0 Å². The first kappa shape index (κ1) is 13.0. The molecule has 1 atom stereocenters. The van der Waals surface area contributed by atoms with Gasteiger partial charge in [0.25, 0.3) is 0 Å². The van der Waals surface area contributed by atoms with Crippen molar-refractivity contribution in [3.05, 3.63) is 27.7 Å². The van der Waals surface area contributed by atoms with Gasteiger partial charge in [0.2, 0.25) is 0 Å². The molecular weight excluding hydrogens is 261 g/mol. The van der Waals surface area contributed by atoms with Gasteiger partial charge < -0.3 is 9.84 Å². The third-order valence-electron chi connectivity index (χ3n) is 2.99. The predicted molar refractivity (Wildman–Crippen MR) is 68.8 cm³/mol. The van der Waals surface area contributed by atoms with Crippen LogP contribution in [-0.4, -0.2) is 35.8 Å². The molecule has 94 valence electrons. The summed E-state index contributed by atoms with van der Waals surface area (Å²) < 4.78 is 5.37. The zero-order valence-corrected chi connectivity index (χ0v) is 11.1. The Morgan fingerprint density at radius 3 is 2.94 bits per heavy atom. The number of rotatable bonds is 2. The van der Waals surface area contributed by atoms with E-state index in [4.69, 9.17) is 27.9 Å². The second-order valence-corrected chi connectivity index (χ2v) is 5.13. The Labute approximate surface area is 111 Å². The Balaban J connectivity index is 2.17. The van der Waals surface area contributed by atoms with E-state index in [1.807, 2.05) is 0 Å². The van der Waals surface area contributed by atoms with Crippen molar-refractivity contribution in [1.29, 1.82) is 0 Å². The molecule has 0 aliphatic carbocycles. The monoisotopic (exact) mass is 275 g/mol. The van der Waals surface area contributed by atoms with Crippen molar-refractivity contribution in [3.8, 4) is 5.75 Å². The van der Waals surface area contributed by atoms with Gasteiger partial charge >= 0.3 is 0 Å². The molecule has 2 rings (SSSR count). The average molecular weight is 276 g/mol. The molecule has 5 heteroatoms. The predicted octanol–water partition coefficient (Wildman–Crippen LogP) is 2.92. The van der Waals surface area contributed by atoms with Crippen LogP contribution in [0.3, 0.4) is 0 Å². The Morgan fingerprint density at radius 1 is 1.47 bits per heavy atom. The van der Waals surface area contributed by atoms with E-state index < -0.39 is 0 Å². The van der Waals surface area contributed by atoms with Crippen LogP contribution in [0.1, 0.15) is 12.5 Å². The lowest BCUT2D eigenvalue weighted by atomic mass is 10.1. The second kappa shape index (κ2) is 5.44. The van der Waals surface area contributed by atoms with Crippen molar-refractivity contribution in [2.24, 2.45) is 0 Å². The van der Waals surface area contributed by atoms with Crippen LogP contribution in [0.15, 0.2) is 12.1 Å². The van der Waals surface area contributed by atoms with Crippen LogP contribution in [0, 0.1) is 0 Å². The number of phenols is 1. The van der Waals surface area contributed by atoms with Gasteiger partial charge in [-0.25, -0.2) is 0 Å². The smallest absolute Gasteiger partial charge is 0.138 e. The van der Waals surface area contributed by atoms with Gasteiger partial charge in [-0.3, -0.25) is 4.90 Å². The van der Waals surface area contributed by atoms with Gasteiger partial charge in [0.15, 0.2) is 0 Å². The standard InChI is InChI=1S/C12H15Cl2NO2/c1-8-7-17-3-2-15(8)6-9-4-10(13)5-11(14)12(9)16/h4-5,8,16H,2-3,6-7H2,1H3. The van der Waals surface area contributed by atoms with Gasteiger partial charge in [0.1, 0.15) is 5.75 Å². The molecule has 1 heterocycles. The Bertz CT molecular complexity index is 412. The van der Waals surface area contributed by atoms with Crippen LogP contribution in [0.25, 0.3) is 0 Å². The van der Waals surface area contributed by atoms with Gasteiger partial charge in [-0.1, -0.05) is 23.2 Å². The second-order valence-electron chi connectivity index (χ2n) is 4.29. The first-order valence-electron chi connectivity index (χ1n) is 5.56. The lowest BCUT2D eigenvalue weighted by Gasteiger charge is -2.33. The summed E-state index contributed by atoms with van der Waals surface area (Å²) in [5, 5.41) is 10.7. The van der Waals surface area contributed by atoms with E-state index in [0.717, 1.165) is 25.3 Å². The number of morpholine rings is 1. The molecule has 3 nitrogen and oxygen atoms in total. The molecule has 1 N–H and O–H groups in total. The van der Waals surface area contributed by atoms with E-state index in [1.165, 1.54) is 0 Å². The molecule has 0 spiro atoms. The summed E-state index contributed by atoms with van der Waals surface area (Å²) in [6.45, 7) is 5.03. The molecule has 0 radical (unpaired) electrons. The van der Waals surface area contributed by atoms with Crippen molar-refractivity contribution >= 4 is 23.2 Å². The molecule has 0 amide bonds. The molecule has 1 unspecified atom stereocenters. The zero-order valence-electron chi connectivity index (χ0n) is 9.62. The summed E-state index contributed by atoms with van der Waals surface area (Å²) in [5.41, 5.74) is 0.760. The quantitative estimate of drug-likeness (QED) is 0.901. The van der Waals surface area contributed by atoms with E-state index >= 15 is 0 Å². The normalized spacial score (nSPS) is 21.7. The van der Waals surface area contributed by atoms with Crippen molar-refractivity contribution in [2.75, 3.05) is 19.8 Å². The molecule has 1 aliphatic rings. The number of halogens is 2. The average Bonchev–Trinajstić information content (AvgIpc) is 2.28. The molecule has 1 aromatic rings. The summed E-state index contributed by atoms with van der Waals surface area (Å²) in [7, 11) is 0. The number of phenolic OH excluding ortho intramolecular Hbond substituents is 1. The van der Waals surface area contributed by atoms with Crippen LogP contribution >= 0.6 is 23.2 Å². The Hall–Kier alpha value is -0.480. The molecule has 0 bridgehead atoms. The van der Waals surface area contributed by atoms with Crippen LogP contribution in [0.4, 0.5) is 0 Å². The van der Waals surface area contributed by atoms with Gasteiger partial charge in [0.05, 0.1) is 18.2 Å². The van der Waals surface area contributed by atoms with E-state index in [-0.39, 0.29) is 5.75 Å². The largest absolute Gasteiger partial charge is 0.506 e. The number of hydrogen-bond donors (Lipinski definition) is 1. The van der Waals surface area contributed by atoms with Crippen LogP contribution in [0.2, 0.25) is 10.0 Å². The maximum Gasteiger partial charge on any atom is 0.138 e. The highest BCUT2D eigenvalue weighted by molar-refractivity contribution is 6.35. The van der Waals surface area contributed by atoms with Crippen molar-refractivity contribution < 1.29 is 9.84 Å². The maximum absolute atomic E-state index is 9.89. The summed E-state index contributed by atoms with van der Waals surface area (Å²) in [6, 6.07) is 3.64. The highest BCUT2D eigenvalue weighted by Gasteiger charge is 2.20. The minimum absolute atomic E-state index is 0.120. The molecule has 1 saturated heterocycles.